The van der Waals surface area contributed by atoms with Gasteiger partial charge in [0.1, 0.15) is 11.9 Å². The number of hydrogen-bond donors (Lipinski definition) is 1. The molecule has 0 bridgehead atoms. The fraction of sp³-hybridized carbons (Fsp3) is 0.385. The number of amides is 1. The van der Waals surface area contributed by atoms with Gasteiger partial charge < -0.3 is 10.2 Å². The van der Waals surface area contributed by atoms with E-state index in [1.807, 2.05) is 6.07 Å². The molecule has 0 aromatic heterocycles. The van der Waals surface area contributed by atoms with E-state index in [4.69, 9.17) is 5.26 Å². The molecule has 1 aromatic carbocycles. The first-order valence-electron chi connectivity index (χ1n) is 5.84. The summed E-state index contributed by atoms with van der Waals surface area (Å²) in [6.45, 7) is 0.445. The van der Waals surface area contributed by atoms with Crippen LogP contribution >= 0.6 is 0 Å². The van der Waals surface area contributed by atoms with Crippen molar-refractivity contribution in [1.82, 2.24) is 5.32 Å². The number of hydrogen-bond acceptors (Lipinski definition) is 3. The minimum Gasteiger partial charge on any atom is -0.310 e. The van der Waals surface area contributed by atoms with Crippen LogP contribution in [-0.2, 0) is 4.79 Å². The molecule has 4 nitrogen and oxygen atoms in total. The van der Waals surface area contributed by atoms with Crippen molar-refractivity contribution >= 4 is 11.6 Å². The SMILES string of the molecule is CNC1C(=O)N(CCCC#N)c2cc(F)ccc21. The molecule has 2 rings (SSSR count). The number of carbonyl (C=O) groups is 1. The monoisotopic (exact) mass is 247 g/mol. The van der Waals surface area contributed by atoms with Crippen molar-refractivity contribution in [3.05, 3.63) is 29.6 Å². The molecule has 1 atom stereocenters. The van der Waals surface area contributed by atoms with Crippen molar-refractivity contribution in [2.75, 3.05) is 18.5 Å². The summed E-state index contributed by atoms with van der Waals surface area (Å²) in [5.74, 6) is -0.445. The molecule has 18 heavy (non-hydrogen) atoms. The van der Waals surface area contributed by atoms with Gasteiger partial charge >= 0.3 is 0 Å². The van der Waals surface area contributed by atoms with Crippen molar-refractivity contribution in [3.8, 4) is 6.07 Å². The smallest absolute Gasteiger partial charge is 0.248 e. The van der Waals surface area contributed by atoms with Gasteiger partial charge in [-0.2, -0.15) is 5.26 Å². The number of nitrogens with zero attached hydrogens (tertiary/aromatic N) is 2. The van der Waals surface area contributed by atoms with Gasteiger partial charge in [-0.25, -0.2) is 4.39 Å². The molecular formula is C13H14FN3O. The van der Waals surface area contributed by atoms with Gasteiger partial charge in [0.2, 0.25) is 5.91 Å². The molecule has 1 aliphatic rings. The normalized spacial score (nSPS) is 17.7. The second-order valence-electron chi connectivity index (χ2n) is 4.18. The van der Waals surface area contributed by atoms with Gasteiger partial charge in [-0.15, -0.1) is 0 Å². The second kappa shape index (κ2) is 5.15. The third-order valence-corrected chi connectivity index (χ3v) is 3.07. The van der Waals surface area contributed by atoms with Gasteiger partial charge in [0.05, 0.1) is 11.8 Å². The Balaban J connectivity index is 2.29. The number of fused-ring (bicyclic) bond motifs is 1. The molecule has 1 aromatic rings. The van der Waals surface area contributed by atoms with E-state index in [1.54, 1.807) is 18.0 Å². The van der Waals surface area contributed by atoms with Gasteiger partial charge in [0.25, 0.3) is 0 Å². The zero-order valence-electron chi connectivity index (χ0n) is 10.1. The van der Waals surface area contributed by atoms with Crippen LogP contribution in [0.2, 0.25) is 0 Å². The summed E-state index contributed by atoms with van der Waals surface area (Å²) >= 11 is 0. The fourth-order valence-electron chi connectivity index (χ4n) is 2.23. The summed E-state index contributed by atoms with van der Waals surface area (Å²) < 4.78 is 13.3. The van der Waals surface area contributed by atoms with Gasteiger partial charge in [-0.05, 0) is 25.6 Å². The highest BCUT2D eigenvalue weighted by Gasteiger charge is 2.35. The molecule has 0 aliphatic carbocycles. The quantitative estimate of drug-likeness (QED) is 0.824. The van der Waals surface area contributed by atoms with Crippen LogP contribution in [0.15, 0.2) is 18.2 Å². The van der Waals surface area contributed by atoms with Crippen LogP contribution in [0.25, 0.3) is 0 Å². The van der Waals surface area contributed by atoms with Crippen LogP contribution in [0, 0.1) is 17.1 Å². The Kier molecular flexibility index (Phi) is 3.58. The van der Waals surface area contributed by atoms with Gasteiger partial charge in [-0.3, -0.25) is 4.79 Å². The number of benzene rings is 1. The topological polar surface area (TPSA) is 56.1 Å². The number of halogens is 1. The maximum absolute atomic E-state index is 13.3. The van der Waals surface area contributed by atoms with Gasteiger partial charge in [0.15, 0.2) is 0 Å². The molecule has 0 saturated carbocycles. The number of unbranched alkanes of at least 4 members (excludes halogenated alkanes) is 1. The number of rotatable bonds is 4. The molecule has 94 valence electrons. The van der Waals surface area contributed by atoms with Crippen molar-refractivity contribution in [2.45, 2.75) is 18.9 Å². The minimum atomic E-state index is -0.414. The molecular weight excluding hydrogens is 233 g/mol. The number of likely N-dealkylation sites (N-methyl/N-ethyl adjacent to an activating group) is 1. The highest BCUT2D eigenvalue weighted by Crippen LogP contribution is 2.36. The summed E-state index contributed by atoms with van der Waals surface area (Å²) in [5, 5.41) is 11.4. The lowest BCUT2D eigenvalue weighted by Gasteiger charge is -2.17. The zero-order chi connectivity index (χ0) is 13.1. The van der Waals surface area contributed by atoms with Crippen LogP contribution < -0.4 is 10.2 Å². The lowest BCUT2D eigenvalue weighted by Crippen LogP contribution is -2.33. The first kappa shape index (κ1) is 12.5. The molecule has 0 spiro atoms. The van der Waals surface area contributed by atoms with Crippen molar-refractivity contribution in [1.29, 1.82) is 5.26 Å². The van der Waals surface area contributed by atoms with Crippen LogP contribution in [-0.4, -0.2) is 19.5 Å². The van der Waals surface area contributed by atoms with E-state index in [0.29, 0.717) is 25.1 Å². The number of anilines is 1. The first-order chi connectivity index (χ1) is 8.69. The summed E-state index contributed by atoms with van der Waals surface area (Å²) in [5.41, 5.74) is 1.40. The second-order valence-corrected chi connectivity index (χ2v) is 4.18. The highest BCUT2D eigenvalue weighted by molar-refractivity contribution is 6.04. The standard InChI is InChI=1S/C13H14FN3O/c1-16-12-10-5-4-9(14)8-11(10)17(13(12)18)7-3-2-6-15/h4-5,8,12,16H,2-3,7H2,1H3. The van der Waals surface area contributed by atoms with Gasteiger partial charge in [0, 0.05) is 18.5 Å². The zero-order valence-corrected chi connectivity index (χ0v) is 10.1. The molecule has 5 heteroatoms. The average Bonchev–Trinajstić information content (AvgIpc) is 2.62. The molecule has 1 aliphatic heterocycles. The van der Waals surface area contributed by atoms with Crippen molar-refractivity contribution in [2.24, 2.45) is 0 Å². The Bertz CT molecular complexity index is 509. The maximum atomic E-state index is 13.3. The number of nitriles is 1. The van der Waals surface area contributed by atoms with E-state index in [2.05, 4.69) is 5.32 Å². The molecule has 1 N–H and O–H groups in total. The third kappa shape index (κ3) is 2.07. The van der Waals surface area contributed by atoms with E-state index < -0.39 is 6.04 Å². The molecule has 1 heterocycles. The van der Waals surface area contributed by atoms with Crippen LogP contribution in [0.4, 0.5) is 10.1 Å². The molecule has 1 unspecified atom stereocenters. The summed E-state index contributed by atoms with van der Waals surface area (Å²) in [4.78, 5) is 13.7. The molecule has 1 amide bonds. The predicted octanol–water partition coefficient (Wildman–Crippen LogP) is 1.74. The van der Waals surface area contributed by atoms with Gasteiger partial charge in [-0.1, -0.05) is 6.07 Å². The summed E-state index contributed by atoms with van der Waals surface area (Å²) in [7, 11) is 1.70. The number of carbonyl (C=O) groups excluding carboxylic acids is 1. The molecule has 0 saturated heterocycles. The largest absolute Gasteiger partial charge is 0.310 e. The Morgan fingerprint density at radius 1 is 1.56 bits per heavy atom. The van der Waals surface area contributed by atoms with E-state index in [0.717, 1.165) is 5.56 Å². The lowest BCUT2D eigenvalue weighted by molar-refractivity contribution is -0.119. The Labute approximate surface area is 105 Å². The van der Waals surface area contributed by atoms with Crippen LogP contribution in [0.5, 0.6) is 0 Å². The third-order valence-electron chi connectivity index (χ3n) is 3.07. The van der Waals surface area contributed by atoms with Crippen molar-refractivity contribution < 1.29 is 9.18 Å². The Morgan fingerprint density at radius 3 is 3.00 bits per heavy atom. The van der Waals surface area contributed by atoms with E-state index in [9.17, 15) is 9.18 Å². The van der Waals surface area contributed by atoms with Crippen molar-refractivity contribution in [3.63, 3.8) is 0 Å². The van der Waals surface area contributed by atoms with Crippen LogP contribution in [0.3, 0.4) is 0 Å². The predicted molar refractivity (Wildman–Crippen MR) is 65.4 cm³/mol. The highest BCUT2D eigenvalue weighted by atomic mass is 19.1. The fourth-order valence-corrected chi connectivity index (χ4v) is 2.23. The van der Waals surface area contributed by atoms with E-state index in [1.165, 1.54) is 12.1 Å². The maximum Gasteiger partial charge on any atom is 0.248 e. The van der Waals surface area contributed by atoms with E-state index >= 15 is 0 Å². The average molecular weight is 247 g/mol. The Hall–Kier alpha value is -1.93. The molecule has 0 radical (unpaired) electrons. The van der Waals surface area contributed by atoms with E-state index in [-0.39, 0.29) is 11.7 Å². The Morgan fingerprint density at radius 2 is 2.33 bits per heavy atom. The molecule has 0 fully saturated rings. The first-order valence-corrected chi connectivity index (χ1v) is 5.84. The summed E-state index contributed by atoms with van der Waals surface area (Å²) in [6.07, 6.45) is 0.979. The van der Waals surface area contributed by atoms with Crippen LogP contribution in [0.1, 0.15) is 24.4 Å². The summed E-state index contributed by atoms with van der Waals surface area (Å²) in [6, 6.07) is 5.99. The lowest BCUT2D eigenvalue weighted by atomic mass is 10.1. The minimum absolute atomic E-state index is 0.0870. The number of nitrogens with one attached hydrogen (secondary N) is 1.